The first-order valence-electron chi connectivity index (χ1n) is 6.61. The highest BCUT2D eigenvalue weighted by molar-refractivity contribution is 7.92. The fraction of sp³-hybridized carbons (Fsp3) is 0.286. The summed E-state index contributed by atoms with van der Waals surface area (Å²) < 4.78 is 30.9. The van der Waals surface area contributed by atoms with Crippen molar-refractivity contribution in [3.8, 4) is 17.1 Å². The van der Waals surface area contributed by atoms with Crippen molar-refractivity contribution < 1.29 is 13.2 Å². The number of rotatable bonds is 6. The van der Waals surface area contributed by atoms with Crippen LogP contribution in [0.15, 0.2) is 36.4 Å². The monoisotopic (exact) mass is 307 g/mol. The Labute approximate surface area is 124 Å². The first kappa shape index (κ1) is 15.2. The van der Waals surface area contributed by atoms with E-state index < -0.39 is 10.0 Å². The minimum atomic E-state index is -3.29. The Bertz CT molecular complexity index is 700. The Morgan fingerprint density at radius 1 is 1.14 bits per heavy atom. The number of anilines is 1. The molecule has 0 aliphatic rings. The van der Waals surface area contributed by atoms with E-state index in [-0.39, 0.29) is 5.75 Å². The summed E-state index contributed by atoms with van der Waals surface area (Å²) in [4.78, 5) is 0. The van der Waals surface area contributed by atoms with E-state index in [4.69, 9.17) is 4.74 Å². The molecule has 0 unspecified atom stereocenters. The highest BCUT2D eigenvalue weighted by Gasteiger charge is 2.08. The van der Waals surface area contributed by atoms with Gasteiger partial charge >= 0.3 is 0 Å². The molecule has 0 saturated carbocycles. The zero-order chi connectivity index (χ0) is 15.3. The molecule has 2 aromatic rings. The molecular formula is C14H17N3O3S. The standard InChI is InChI=1S/C14H17N3O3S/c1-3-20-14-9-8-13(15-16-14)11-6-5-7-12(10-11)17-21(18,19)4-2/h5-10,17H,3-4H2,1-2H3. The van der Waals surface area contributed by atoms with Crippen molar-refractivity contribution in [2.45, 2.75) is 13.8 Å². The normalized spacial score (nSPS) is 11.1. The van der Waals surface area contributed by atoms with E-state index in [1.165, 1.54) is 0 Å². The van der Waals surface area contributed by atoms with Crippen molar-refractivity contribution in [2.75, 3.05) is 17.1 Å². The lowest BCUT2D eigenvalue weighted by Gasteiger charge is -2.08. The van der Waals surface area contributed by atoms with Gasteiger partial charge in [0.25, 0.3) is 0 Å². The maximum absolute atomic E-state index is 11.6. The summed E-state index contributed by atoms with van der Waals surface area (Å²) in [6.45, 7) is 3.99. The van der Waals surface area contributed by atoms with Gasteiger partial charge in [0.15, 0.2) is 0 Å². The van der Waals surface area contributed by atoms with E-state index in [0.29, 0.717) is 23.9 Å². The van der Waals surface area contributed by atoms with Crippen LogP contribution in [-0.2, 0) is 10.0 Å². The molecule has 0 amide bonds. The maximum atomic E-state index is 11.6. The molecule has 0 saturated heterocycles. The second kappa shape index (κ2) is 6.53. The van der Waals surface area contributed by atoms with Gasteiger partial charge in [-0.1, -0.05) is 12.1 Å². The molecule has 2 rings (SSSR count). The summed E-state index contributed by atoms with van der Waals surface area (Å²) in [5, 5.41) is 8.03. The van der Waals surface area contributed by atoms with Crippen LogP contribution in [0.4, 0.5) is 5.69 Å². The van der Waals surface area contributed by atoms with Gasteiger partial charge < -0.3 is 4.74 Å². The van der Waals surface area contributed by atoms with Gasteiger partial charge in [-0.2, -0.15) is 0 Å². The van der Waals surface area contributed by atoms with Gasteiger partial charge in [0.2, 0.25) is 15.9 Å². The van der Waals surface area contributed by atoms with Crippen molar-refractivity contribution in [3.05, 3.63) is 36.4 Å². The number of hydrogen-bond acceptors (Lipinski definition) is 5. The third-order valence-electron chi connectivity index (χ3n) is 2.74. The molecule has 0 aliphatic heterocycles. The van der Waals surface area contributed by atoms with Crippen LogP contribution >= 0.6 is 0 Å². The predicted molar refractivity (Wildman–Crippen MR) is 81.7 cm³/mol. The average molecular weight is 307 g/mol. The van der Waals surface area contributed by atoms with E-state index in [1.54, 1.807) is 37.3 Å². The average Bonchev–Trinajstić information content (AvgIpc) is 2.48. The Hall–Kier alpha value is -2.15. The molecule has 1 heterocycles. The second-order valence-corrected chi connectivity index (χ2v) is 6.29. The molecule has 0 aliphatic carbocycles. The van der Waals surface area contributed by atoms with Crippen LogP contribution < -0.4 is 9.46 Å². The molecule has 6 nitrogen and oxygen atoms in total. The lowest BCUT2D eigenvalue weighted by atomic mass is 10.1. The van der Waals surface area contributed by atoms with E-state index in [9.17, 15) is 8.42 Å². The lowest BCUT2D eigenvalue weighted by molar-refractivity contribution is 0.323. The highest BCUT2D eigenvalue weighted by atomic mass is 32.2. The summed E-state index contributed by atoms with van der Waals surface area (Å²) in [6, 6.07) is 10.5. The van der Waals surface area contributed by atoms with E-state index in [1.807, 2.05) is 13.0 Å². The molecule has 7 heteroatoms. The first-order chi connectivity index (χ1) is 10.0. The molecule has 0 radical (unpaired) electrons. The Balaban J connectivity index is 2.24. The van der Waals surface area contributed by atoms with Crippen LogP contribution in [0.5, 0.6) is 5.88 Å². The Morgan fingerprint density at radius 3 is 2.57 bits per heavy atom. The molecule has 1 N–H and O–H groups in total. The third kappa shape index (κ3) is 4.16. The SMILES string of the molecule is CCOc1ccc(-c2cccc(NS(=O)(=O)CC)c2)nn1. The van der Waals surface area contributed by atoms with Gasteiger partial charge in [0.1, 0.15) is 0 Å². The van der Waals surface area contributed by atoms with Gasteiger partial charge in [-0.15, -0.1) is 10.2 Å². The van der Waals surface area contributed by atoms with Crippen molar-refractivity contribution in [1.82, 2.24) is 10.2 Å². The minimum absolute atomic E-state index is 0.0279. The van der Waals surface area contributed by atoms with Crippen LogP contribution in [0.25, 0.3) is 11.3 Å². The number of hydrogen-bond donors (Lipinski definition) is 1. The van der Waals surface area contributed by atoms with Crippen LogP contribution in [0.2, 0.25) is 0 Å². The first-order valence-corrected chi connectivity index (χ1v) is 8.26. The number of benzene rings is 1. The summed E-state index contributed by atoms with van der Waals surface area (Å²) in [5.41, 5.74) is 1.93. The number of nitrogens with zero attached hydrogens (tertiary/aromatic N) is 2. The molecule has 1 aromatic heterocycles. The number of nitrogens with one attached hydrogen (secondary N) is 1. The summed E-state index contributed by atoms with van der Waals surface area (Å²) in [7, 11) is -3.29. The molecule has 0 atom stereocenters. The van der Waals surface area contributed by atoms with Crippen LogP contribution in [0.1, 0.15) is 13.8 Å². The summed E-state index contributed by atoms with van der Waals surface area (Å²) in [5.74, 6) is 0.490. The fourth-order valence-corrected chi connectivity index (χ4v) is 2.32. The van der Waals surface area contributed by atoms with Crippen molar-refractivity contribution in [2.24, 2.45) is 0 Å². The smallest absolute Gasteiger partial charge is 0.233 e. The van der Waals surface area contributed by atoms with Crippen LogP contribution in [0.3, 0.4) is 0 Å². The largest absolute Gasteiger partial charge is 0.477 e. The van der Waals surface area contributed by atoms with Gasteiger partial charge in [-0.25, -0.2) is 8.42 Å². The zero-order valence-electron chi connectivity index (χ0n) is 11.9. The van der Waals surface area contributed by atoms with Gasteiger partial charge in [-0.05, 0) is 32.0 Å². The van der Waals surface area contributed by atoms with E-state index in [2.05, 4.69) is 14.9 Å². The topological polar surface area (TPSA) is 81.2 Å². The van der Waals surface area contributed by atoms with Gasteiger partial charge in [-0.3, -0.25) is 4.72 Å². The number of aromatic nitrogens is 2. The zero-order valence-corrected chi connectivity index (χ0v) is 12.7. The fourth-order valence-electron chi connectivity index (χ4n) is 1.69. The van der Waals surface area contributed by atoms with Crippen molar-refractivity contribution >= 4 is 15.7 Å². The summed E-state index contributed by atoms with van der Waals surface area (Å²) >= 11 is 0. The Kier molecular flexibility index (Phi) is 4.74. The summed E-state index contributed by atoms with van der Waals surface area (Å²) in [6.07, 6.45) is 0. The lowest BCUT2D eigenvalue weighted by Crippen LogP contribution is -2.14. The van der Waals surface area contributed by atoms with Gasteiger partial charge in [0.05, 0.1) is 18.1 Å². The molecule has 21 heavy (non-hydrogen) atoms. The molecule has 1 aromatic carbocycles. The molecule has 0 bridgehead atoms. The molecular weight excluding hydrogens is 290 g/mol. The number of ether oxygens (including phenoxy) is 1. The quantitative estimate of drug-likeness (QED) is 0.885. The van der Waals surface area contributed by atoms with Crippen LogP contribution in [-0.4, -0.2) is 31.0 Å². The Morgan fingerprint density at radius 2 is 1.95 bits per heavy atom. The van der Waals surface area contributed by atoms with Gasteiger partial charge in [0, 0.05) is 17.3 Å². The van der Waals surface area contributed by atoms with Crippen molar-refractivity contribution in [3.63, 3.8) is 0 Å². The van der Waals surface area contributed by atoms with Crippen LogP contribution in [0, 0.1) is 0 Å². The van der Waals surface area contributed by atoms with E-state index >= 15 is 0 Å². The minimum Gasteiger partial charge on any atom is -0.477 e. The maximum Gasteiger partial charge on any atom is 0.233 e. The third-order valence-corrected chi connectivity index (χ3v) is 4.05. The molecule has 0 fully saturated rings. The molecule has 0 spiro atoms. The predicted octanol–water partition coefficient (Wildman–Crippen LogP) is 2.30. The second-order valence-electron chi connectivity index (χ2n) is 4.28. The number of sulfonamides is 1. The molecule has 112 valence electrons. The highest BCUT2D eigenvalue weighted by Crippen LogP contribution is 2.22. The van der Waals surface area contributed by atoms with Crippen molar-refractivity contribution in [1.29, 1.82) is 0 Å². The van der Waals surface area contributed by atoms with E-state index in [0.717, 1.165) is 5.56 Å².